The van der Waals surface area contributed by atoms with Crippen molar-refractivity contribution in [2.75, 3.05) is 32.2 Å². The van der Waals surface area contributed by atoms with Gasteiger partial charge in [0.15, 0.2) is 11.5 Å². The number of aromatic hydroxyl groups is 1. The summed E-state index contributed by atoms with van der Waals surface area (Å²) >= 11 is 0. The number of phenols is 1. The first-order valence-corrected chi connectivity index (χ1v) is 9.39. The van der Waals surface area contributed by atoms with Gasteiger partial charge in [0, 0.05) is 18.7 Å². The molecule has 0 bridgehead atoms. The maximum absolute atomic E-state index is 12.2. The summed E-state index contributed by atoms with van der Waals surface area (Å²) in [7, 11) is 3.07. The summed E-state index contributed by atoms with van der Waals surface area (Å²) < 4.78 is 16.0. The first kappa shape index (κ1) is 18.2. The first-order chi connectivity index (χ1) is 13.6. The SMILES string of the molecule is COc1cc2c(cc1OC)/C(=C\c1ccc(N3CCCCC3)c(O)c1)OC2=O. The van der Waals surface area contributed by atoms with Crippen molar-refractivity contribution in [3.8, 4) is 17.2 Å². The van der Waals surface area contributed by atoms with E-state index in [4.69, 9.17) is 14.2 Å². The number of phenolic OH excluding ortho intramolecular Hbond substituents is 1. The third-order valence-electron chi connectivity index (χ3n) is 5.21. The van der Waals surface area contributed by atoms with Gasteiger partial charge < -0.3 is 24.2 Å². The average molecular weight is 381 g/mol. The summed E-state index contributed by atoms with van der Waals surface area (Å²) in [6.07, 6.45) is 5.27. The maximum Gasteiger partial charge on any atom is 0.344 e. The number of cyclic esters (lactones) is 1. The van der Waals surface area contributed by atoms with Crippen LogP contribution in [0.5, 0.6) is 17.2 Å². The number of carbonyl (C=O) groups is 1. The molecule has 0 amide bonds. The number of nitrogens with zero attached hydrogens (tertiary/aromatic N) is 1. The Morgan fingerprint density at radius 2 is 1.68 bits per heavy atom. The van der Waals surface area contributed by atoms with Crippen molar-refractivity contribution in [3.63, 3.8) is 0 Å². The summed E-state index contributed by atoms with van der Waals surface area (Å²) in [5.41, 5.74) is 2.67. The molecule has 1 N–H and O–H groups in total. The highest BCUT2D eigenvalue weighted by molar-refractivity contribution is 6.06. The minimum Gasteiger partial charge on any atom is -0.506 e. The number of esters is 1. The van der Waals surface area contributed by atoms with Crippen LogP contribution < -0.4 is 14.4 Å². The second-order valence-corrected chi connectivity index (χ2v) is 6.95. The lowest BCUT2D eigenvalue weighted by atomic mass is 10.0. The number of benzene rings is 2. The lowest BCUT2D eigenvalue weighted by molar-refractivity contribution is 0.0717. The monoisotopic (exact) mass is 381 g/mol. The third-order valence-corrected chi connectivity index (χ3v) is 5.21. The Labute approximate surface area is 163 Å². The predicted molar refractivity (Wildman–Crippen MR) is 107 cm³/mol. The molecule has 4 rings (SSSR count). The van der Waals surface area contributed by atoms with Gasteiger partial charge >= 0.3 is 5.97 Å². The average Bonchev–Trinajstić information content (AvgIpc) is 3.02. The number of hydrogen-bond acceptors (Lipinski definition) is 6. The van der Waals surface area contributed by atoms with E-state index in [0.29, 0.717) is 28.4 Å². The van der Waals surface area contributed by atoms with Gasteiger partial charge in [-0.05, 0) is 55.2 Å². The summed E-state index contributed by atoms with van der Waals surface area (Å²) in [6, 6.07) is 8.88. The number of fused-ring (bicyclic) bond motifs is 1. The van der Waals surface area contributed by atoms with Gasteiger partial charge in [-0.3, -0.25) is 0 Å². The Hall–Kier alpha value is -3.15. The van der Waals surface area contributed by atoms with Gasteiger partial charge in [0.05, 0.1) is 25.5 Å². The molecule has 0 atom stereocenters. The number of piperidine rings is 1. The lowest BCUT2D eigenvalue weighted by Crippen LogP contribution is -2.29. The fraction of sp³-hybridized carbons (Fsp3) is 0.318. The van der Waals surface area contributed by atoms with E-state index in [1.165, 1.54) is 13.5 Å². The highest BCUT2D eigenvalue weighted by atomic mass is 16.5. The van der Waals surface area contributed by atoms with Crippen LogP contribution in [0, 0.1) is 0 Å². The van der Waals surface area contributed by atoms with Crippen LogP contribution in [0.4, 0.5) is 5.69 Å². The minimum atomic E-state index is -0.434. The van der Waals surface area contributed by atoms with Crippen LogP contribution in [0.25, 0.3) is 11.8 Å². The van der Waals surface area contributed by atoms with Crippen LogP contribution in [0.2, 0.25) is 0 Å². The van der Waals surface area contributed by atoms with Gasteiger partial charge in [0.25, 0.3) is 0 Å². The van der Waals surface area contributed by atoms with E-state index in [-0.39, 0.29) is 5.75 Å². The molecule has 2 aromatic carbocycles. The van der Waals surface area contributed by atoms with E-state index >= 15 is 0 Å². The number of hydrogen-bond donors (Lipinski definition) is 1. The molecule has 2 aliphatic rings. The van der Waals surface area contributed by atoms with Gasteiger partial charge in [-0.1, -0.05) is 6.07 Å². The Morgan fingerprint density at radius 3 is 2.32 bits per heavy atom. The van der Waals surface area contributed by atoms with Crippen LogP contribution >= 0.6 is 0 Å². The van der Waals surface area contributed by atoms with Crippen molar-refractivity contribution < 1.29 is 24.1 Å². The quantitative estimate of drug-likeness (QED) is 0.806. The van der Waals surface area contributed by atoms with Crippen LogP contribution in [-0.2, 0) is 4.74 Å². The topological polar surface area (TPSA) is 68.2 Å². The number of rotatable bonds is 4. The number of ether oxygens (including phenoxy) is 3. The molecule has 0 radical (unpaired) electrons. The Balaban J connectivity index is 1.67. The van der Waals surface area contributed by atoms with E-state index in [9.17, 15) is 9.90 Å². The van der Waals surface area contributed by atoms with E-state index in [0.717, 1.165) is 37.2 Å². The van der Waals surface area contributed by atoms with Gasteiger partial charge in [0.2, 0.25) is 0 Å². The fourth-order valence-corrected chi connectivity index (χ4v) is 3.75. The van der Waals surface area contributed by atoms with Crippen molar-refractivity contribution in [2.24, 2.45) is 0 Å². The molecule has 2 aliphatic heterocycles. The molecule has 0 aromatic heterocycles. The molecule has 28 heavy (non-hydrogen) atoms. The Bertz CT molecular complexity index is 944. The maximum atomic E-state index is 12.2. The minimum absolute atomic E-state index is 0.230. The van der Waals surface area contributed by atoms with Crippen molar-refractivity contribution in [1.82, 2.24) is 0 Å². The molecule has 1 fully saturated rings. The van der Waals surface area contributed by atoms with Gasteiger partial charge in [-0.2, -0.15) is 0 Å². The second kappa shape index (κ2) is 7.46. The second-order valence-electron chi connectivity index (χ2n) is 6.95. The molecule has 146 valence electrons. The third kappa shape index (κ3) is 3.26. The van der Waals surface area contributed by atoms with Crippen molar-refractivity contribution in [1.29, 1.82) is 0 Å². The standard InChI is InChI=1S/C22H23NO5/c1-26-20-12-15-16(13-21(20)27-2)22(25)28-19(15)11-14-6-7-17(18(24)10-14)23-8-4-3-5-9-23/h6-7,10-13,24H,3-5,8-9H2,1-2H3/b19-11+. The Morgan fingerprint density at radius 1 is 1.00 bits per heavy atom. The Kier molecular flexibility index (Phi) is 4.86. The summed E-state index contributed by atoms with van der Waals surface area (Å²) in [6.45, 7) is 1.92. The normalized spacial score (nSPS) is 17.4. The largest absolute Gasteiger partial charge is 0.506 e. The molecule has 0 unspecified atom stereocenters. The molecule has 6 heteroatoms. The van der Waals surface area contributed by atoms with Gasteiger partial charge in [-0.25, -0.2) is 4.79 Å². The predicted octanol–water partition coefficient (Wildman–Crippen LogP) is 4.07. The summed E-state index contributed by atoms with van der Waals surface area (Å²) in [4.78, 5) is 14.5. The zero-order valence-corrected chi connectivity index (χ0v) is 16.0. The summed E-state index contributed by atoms with van der Waals surface area (Å²) in [5, 5.41) is 10.5. The van der Waals surface area contributed by atoms with Crippen molar-refractivity contribution in [2.45, 2.75) is 19.3 Å². The summed E-state index contributed by atoms with van der Waals surface area (Å²) in [5.74, 6) is 1.22. The molecule has 2 heterocycles. The van der Waals surface area contributed by atoms with Crippen LogP contribution in [0.1, 0.15) is 40.7 Å². The molecular formula is C22H23NO5. The number of anilines is 1. The molecule has 1 saturated heterocycles. The lowest BCUT2D eigenvalue weighted by Gasteiger charge is -2.29. The first-order valence-electron chi connectivity index (χ1n) is 9.39. The molecule has 2 aromatic rings. The number of carbonyl (C=O) groups excluding carboxylic acids is 1. The van der Waals surface area contributed by atoms with Gasteiger partial charge in [-0.15, -0.1) is 0 Å². The van der Waals surface area contributed by atoms with E-state index in [1.54, 1.807) is 31.4 Å². The van der Waals surface area contributed by atoms with E-state index < -0.39 is 5.97 Å². The molecule has 0 saturated carbocycles. The molecule has 0 aliphatic carbocycles. The fourth-order valence-electron chi connectivity index (χ4n) is 3.75. The van der Waals surface area contributed by atoms with Crippen molar-refractivity contribution in [3.05, 3.63) is 47.0 Å². The zero-order valence-electron chi connectivity index (χ0n) is 16.0. The van der Waals surface area contributed by atoms with E-state index in [2.05, 4.69) is 4.90 Å². The van der Waals surface area contributed by atoms with Gasteiger partial charge in [0.1, 0.15) is 11.5 Å². The highest BCUT2D eigenvalue weighted by Crippen LogP contribution is 2.40. The molecule has 0 spiro atoms. The van der Waals surface area contributed by atoms with Crippen LogP contribution in [0.15, 0.2) is 30.3 Å². The molecule has 6 nitrogen and oxygen atoms in total. The highest BCUT2D eigenvalue weighted by Gasteiger charge is 2.29. The smallest absolute Gasteiger partial charge is 0.344 e. The van der Waals surface area contributed by atoms with Crippen LogP contribution in [-0.4, -0.2) is 38.4 Å². The zero-order chi connectivity index (χ0) is 19.7. The van der Waals surface area contributed by atoms with Crippen molar-refractivity contribution >= 4 is 23.5 Å². The van der Waals surface area contributed by atoms with E-state index in [1.807, 2.05) is 12.1 Å². The number of methoxy groups -OCH3 is 2. The molecular weight excluding hydrogens is 358 g/mol. The van der Waals surface area contributed by atoms with Crippen LogP contribution in [0.3, 0.4) is 0 Å².